The van der Waals surface area contributed by atoms with E-state index in [2.05, 4.69) is 252 Å². The van der Waals surface area contributed by atoms with E-state index in [1.807, 2.05) is 0 Å². The van der Waals surface area contributed by atoms with Crippen molar-refractivity contribution in [3.63, 3.8) is 0 Å². The van der Waals surface area contributed by atoms with Crippen LogP contribution in [0.15, 0.2) is 182 Å². The zero-order valence-corrected chi connectivity index (χ0v) is 40.1. The lowest BCUT2D eigenvalue weighted by Gasteiger charge is -2.42. The largest absolute Gasteiger partial charge is 0.458 e. The van der Waals surface area contributed by atoms with Crippen LogP contribution in [0.2, 0.25) is 0 Å². The van der Waals surface area contributed by atoms with Gasteiger partial charge in [0, 0.05) is 62.4 Å². The Balaban J connectivity index is 1.19. The van der Waals surface area contributed by atoms with Crippen LogP contribution in [0.1, 0.15) is 58.4 Å². The minimum Gasteiger partial charge on any atom is -0.458 e. The van der Waals surface area contributed by atoms with Crippen molar-refractivity contribution in [2.45, 2.75) is 60.8 Å². The van der Waals surface area contributed by atoms with Gasteiger partial charge in [-0.2, -0.15) is 0 Å². The third-order valence-electron chi connectivity index (χ3n) is 14.6. The SMILES string of the molecule is Cc1ccc(N(c2ccc(C)cc2)c2cc3c4c(c2)N(c2ccc(C)cc2)c2ccc(C)cc2B4c2cc(N(c4ccc(C)cc4)c4ccc(C)cc4)c4c(c2O3)C(C)(C)c2ccccc2-4)cc1. The number of aryl methyl sites for hydroxylation is 6. The van der Waals surface area contributed by atoms with Gasteiger partial charge in [0.25, 0.3) is 6.71 Å². The second-order valence-electron chi connectivity index (χ2n) is 19.9. The number of fused-ring (bicyclic) bond motifs is 8. The number of hydrogen-bond acceptors (Lipinski definition) is 4. The molecule has 9 aromatic rings. The van der Waals surface area contributed by atoms with E-state index in [0.29, 0.717) is 0 Å². The minimum absolute atomic E-state index is 0.136. The summed E-state index contributed by atoms with van der Waals surface area (Å²) in [5.74, 6) is 1.82. The topological polar surface area (TPSA) is 19.0 Å². The predicted molar refractivity (Wildman–Crippen MR) is 288 cm³/mol. The summed E-state index contributed by atoms with van der Waals surface area (Å²) in [6.07, 6.45) is 0. The van der Waals surface area contributed by atoms with Crippen LogP contribution < -0.4 is 35.8 Å². The first kappa shape index (κ1) is 41.7. The molecule has 0 amide bonds. The first-order valence-electron chi connectivity index (χ1n) is 23.9. The standard InChI is InChI=1S/C63H54BN3O/c1-39-13-24-45(25-14-39)65(46-26-15-40(2)16-27-46)50-36-57-61-58(37-50)68-62-54(64(61)53-35-44(6)23-34-55(53)67(57)49-32-21-43(5)22-33-49)38-56(59-51-11-9-10-12-52(51)63(7,8)60(59)62)66(47-28-17-41(3)18-29-47)48-30-19-42(4)20-31-48/h9-38H,1-8H3. The maximum absolute atomic E-state index is 7.79. The normalized spacial score (nSPS) is 13.5. The monoisotopic (exact) mass is 879 g/mol. The maximum atomic E-state index is 7.79. The summed E-state index contributed by atoms with van der Waals surface area (Å²) in [6, 6.07) is 68.0. The van der Waals surface area contributed by atoms with E-state index in [1.165, 1.54) is 77.7 Å². The van der Waals surface area contributed by atoms with Gasteiger partial charge in [-0.05, 0) is 148 Å². The molecule has 0 saturated heterocycles. The van der Waals surface area contributed by atoms with Gasteiger partial charge in [-0.3, -0.25) is 0 Å². The molecular weight excluding hydrogens is 826 g/mol. The molecule has 3 aliphatic rings. The summed E-state index contributed by atoms with van der Waals surface area (Å²) in [5, 5.41) is 0. The van der Waals surface area contributed by atoms with Gasteiger partial charge < -0.3 is 19.4 Å². The Hall–Kier alpha value is -7.76. The fourth-order valence-corrected chi connectivity index (χ4v) is 11.2. The lowest BCUT2D eigenvalue weighted by Crippen LogP contribution is -2.60. The lowest BCUT2D eigenvalue weighted by atomic mass is 9.33. The minimum atomic E-state index is -0.385. The molecule has 2 aliphatic heterocycles. The van der Waals surface area contributed by atoms with Gasteiger partial charge in [0.1, 0.15) is 11.5 Å². The van der Waals surface area contributed by atoms with Gasteiger partial charge >= 0.3 is 0 Å². The molecule has 1 aliphatic carbocycles. The van der Waals surface area contributed by atoms with E-state index in [1.54, 1.807) is 0 Å². The molecule has 0 fully saturated rings. The molecule has 5 heteroatoms. The van der Waals surface area contributed by atoms with E-state index in [0.717, 1.165) is 57.0 Å². The van der Waals surface area contributed by atoms with Crippen LogP contribution in [-0.2, 0) is 5.41 Å². The van der Waals surface area contributed by atoms with Crippen LogP contribution in [0, 0.1) is 41.5 Å². The van der Waals surface area contributed by atoms with Gasteiger partial charge in [-0.15, -0.1) is 0 Å². The fraction of sp³-hybridized carbons (Fsp3) is 0.143. The van der Waals surface area contributed by atoms with Gasteiger partial charge in [0.05, 0.1) is 11.4 Å². The average Bonchev–Trinajstić information content (AvgIpc) is 3.58. The molecule has 2 heterocycles. The Morgan fingerprint density at radius 1 is 0.456 bits per heavy atom. The zero-order valence-electron chi connectivity index (χ0n) is 40.1. The number of ether oxygens (including phenoxy) is 1. The van der Waals surface area contributed by atoms with Crippen LogP contribution in [0.4, 0.5) is 51.2 Å². The molecule has 0 radical (unpaired) electrons. The molecular formula is C63H54BN3O. The molecule has 4 nitrogen and oxygen atoms in total. The van der Waals surface area contributed by atoms with Crippen molar-refractivity contribution in [1.29, 1.82) is 0 Å². The van der Waals surface area contributed by atoms with E-state index in [4.69, 9.17) is 4.74 Å². The highest BCUT2D eigenvalue weighted by Gasteiger charge is 2.49. The van der Waals surface area contributed by atoms with E-state index < -0.39 is 0 Å². The van der Waals surface area contributed by atoms with Crippen molar-refractivity contribution in [2.24, 2.45) is 0 Å². The molecule has 0 saturated carbocycles. The highest BCUT2D eigenvalue weighted by Crippen LogP contribution is 2.58. The van der Waals surface area contributed by atoms with Crippen molar-refractivity contribution >= 4 is 74.3 Å². The zero-order chi connectivity index (χ0) is 46.6. The van der Waals surface area contributed by atoms with Crippen LogP contribution in [0.5, 0.6) is 11.5 Å². The number of hydrogen-bond donors (Lipinski definition) is 0. The van der Waals surface area contributed by atoms with E-state index in [9.17, 15) is 0 Å². The predicted octanol–water partition coefficient (Wildman–Crippen LogP) is 15.2. The van der Waals surface area contributed by atoms with Gasteiger partial charge in [0.15, 0.2) is 0 Å². The third kappa shape index (κ3) is 6.59. The lowest BCUT2D eigenvalue weighted by molar-refractivity contribution is 0.469. The molecule has 0 spiro atoms. The Morgan fingerprint density at radius 3 is 1.51 bits per heavy atom. The summed E-state index contributed by atoms with van der Waals surface area (Å²) in [5.41, 5.74) is 25.5. The second kappa shape index (κ2) is 15.7. The molecule has 0 bridgehead atoms. The second-order valence-corrected chi connectivity index (χ2v) is 19.9. The molecule has 0 aromatic heterocycles. The summed E-state index contributed by atoms with van der Waals surface area (Å²) >= 11 is 0. The van der Waals surface area contributed by atoms with E-state index >= 15 is 0 Å². The molecule has 0 atom stereocenters. The van der Waals surface area contributed by atoms with Gasteiger partial charge in [-0.25, -0.2) is 0 Å². The molecule has 0 N–H and O–H groups in total. The van der Waals surface area contributed by atoms with Crippen molar-refractivity contribution in [1.82, 2.24) is 0 Å². The smallest absolute Gasteiger partial charge is 0.256 e. The highest BCUT2D eigenvalue weighted by molar-refractivity contribution is 6.99. The Bertz CT molecular complexity index is 3360. The molecule has 9 aromatic carbocycles. The number of rotatable bonds is 7. The van der Waals surface area contributed by atoms with Gasteiger partial charge in [-0.1, -0.05) is 144 Å². The van der Waals surface area contributed by atoms with E-state index in [-0.39, 0.29) is 12.1 Å². The Morgan fingerprint density at radius 2 is 0.956 bits per heavy atom. The van der Waals surface area contributed by atoms with Crippen LogP contribution in [-0.4, -0.2) is 6.71 Å². The Labute approximate surface area is 401 Å². The number of anilines is 9. The molecule has 330 valence electrons. The molecule has 0 unspecified atom stereocenters. The first-order valence-corrected chi connectivity index (χ1v) is 23.9. The van der Waals surface area contributed by atoms with Crippen molar-refractivity contribution in [3.05, 3.63) is 226 Å². The average molecular weight is 880 g/mol. The summed E-state index contributed by atoms with van der Waals surface area (Å²) in [6.45, 7) is 17.7. The molecule has 68 heavy (non-hydrogen) atoms. The van der Waals surface area contributed by atoms with Crippen LogP contribution in [0.25, 0.3) is 11.1 Å². The summed E-state index contributed by atoms with van der Waals surface area (Å²) < 4.78 is 7.79. The van der Waals surface area contributed by atoms with Crippen LogP contribution in [0.3, 0.4) is 0 Å². The van der Waals surface area contributed by atoms with Crippen molar-refractivity contribution < 1.29 is 4.74 Å². The summed E-state index contributed by atoms with van der Waals surface area (Å²) in [7, 11) is 0. The summed E-state index contributed by atoms with van der Waals surface area (Å²) in [4.78, 5) is 7.34. The fourth-order valence-electron chi connectivity index (χ4n) is 11.2. The highest BCUT2D eigenvalue weighted by atomic mass is 16.5. The van der Waals surface area contributed by atoms with Crippen molar-refractivity contribution in [2.75, 3.05) is 14.7 Å². The Kier molecular flexibility index (Phi) is 9.60. The quantitative estimate of drug-likeness (QED) is 0.148. The van der Waals surface area contributed by atoms with Crippen molar-refractivity contribution in [3.8, 4) is 22.6 Å². The third-order valence-corrected chi connectivity index (χ3v) is 14.6. The maximum Gasteiger partial charge on any atom is 0.256 e. The number of nitrogens with zero attached hydrogens (tertiary/aromatic N) is 3. The van der Waals surface area contributed by atoms with Crippen LogP contribution >= 0.6 is 0 Å². The molecule has 12 rings (SSSR count). The van der Waals surface area contributed by atoms with Gasteiger partial charge in [0.2, 0.25) is 0 Å². The first-order chi connectivity index (χ1) is 32.9. The number of benzene rings is 9.